The molecule has 1 aliphatic heterocycles. The summed E-state index contributed by atoms with van der Waals surface area (Å²) in [5.74, 6) is 0.508. The SMILES string of the molecule is Cc1ccc(-c2ccc(N3CCN(C(=O)c4ccc(Cl)c([N+](=O)[O-])c4)CC3)nn2)c(C)c1. The predicted octanol–water partition coefficient (Wildman–Crippen LogP) is 4.28. The van der Waals surface area contributed by atoms with Gasteiger partial charge >= 0.3 is 0 Å². The third-order valence-corrected chi connectivity index (χ3v) is 5.91. The predicted molar refractivity (Wildman–Crippen MR) is 123 cm³/mol. The third-order valence-electron chi connectivity index (χ3n) is 5.59. The van der Waals surface area contributed by atoms with Crippen LogP contribution in [0, 0.1) is 24.0 Å². The van der Waals surface area contributed by atoms with Crippen LogP contribution in [-0.2, 0) is 0 Å². The molecule has 164 valence electrons. The minimum absolute atomic E-state index is 0.0132. The van der Waals surface area contributed by atoms with Gasteiger partial charge in [-0.2, -0.15) is 0 Å². The first-order chi connectivity index (χ1) is 15.3. The number of carbonyl (C=O) groups is 1. The highest BCUT2D eigenvalue weighted by Crippen LogP contribution is 2.27. The average Bonchev–Trinajstić information content (AvgIpc) is 2.79. The van der Waals surface area contributed by atoms with E-state index >= 15 is 0 Å². The molecule has 2 heterocycles. The summed E-state index contributed by atoms with van der Waals surface area (Å²) >= 11 is 5.85. The van der Waals surface area contributed by atoms with Crippen molar-refractivity contribution in [1.29, 1.82) is 0 Å². The first kappa shape index (κ1) is 21.7. The second-order valence-electron chi connectivity index (χ2n) is 7.80. The molecule has 0 unspecified atom stereocenters. The van der Waals surface area contributed by atoms with Crippen LogP contribution in [0.4, 0.5) is 11.5 Å². The highest BCUT2D eigenvalue weighted by atomic mass is 35.5. The van der Waals surface area contributed by atoms with Gasteiger partial charge in [-0.25, -0.2) is 0 Å². The van der Waals surface area contributed by atoms with E-state index in [0.29, 0.717) is 26.2 Å². The van der Waals surface area contributed by atoms with Gasteiger partial charge < -0.3 is 9.80 Å². The number of amides is 1. The summed E-state index contributed by atoms with van der Waals surface area (Å²) in [6.45, 7) is 6.27. The van der Waals surface area contributed by atoms with E-state index in [-0.39, 0.29) is 22.2 Å². The molecule has 1 saturated heterocycles. The molecule has 4 rings (SSSR count). The zero-order chi connectivity index (χ0) is 22.8. The van der Waals surface area contributed by atoms with Crippen LogP contribution >= 0.6 is 11.6 Å². The number of hydrogen-bond donors (Lipinski definition) is 0. The maximum atomic E-state index is 12.8. The molecular formula is C23H22ClN5O3. The van der Waals surface area contributed by atoms with Crippen LogP contribution in [0.15, 0.2) is 48.5 Å². The van der Waals surface area contributed by atoms with Crippen LogP contribution in [0.2, 0.25) is 5.02 Å². The topological polar surface area (TPSA) is 92.5 Å². The number of anilines is 1. The van der Waals surface area contributed by atoms with Gasteiger partial charge in [-0.3, -0.25) is 14.9 Å². The average molecular weight is 452 g/mol. The van der Waals surface area contributed by atoms with Crippen LogP contribution in [0.1, 0.15) is 21.5 Å². The Balaban J connectivity index is 1.42. The van der Waals surface area contributed by atoms with E-state index in [9.17, 15) is 14.9 Å². The number of nitro benzene ring substituents is 1. The monoisotopic (exact) mass is 451 g/mol. The summed E-state index contributed by atoms with van der Waals surface area (Å²) in [6.07, 6.45) is 0. The molecule has 8 nitrogen and oxygen atoms in total. The molecule has 9 heteroatoms. The largest absolute Gasteiger partial charge is 0.352 e. The van der Waals surface area contributed by atoms with E-state index in [4.69, 9.17) is 11.6 Å². The Morgan fingerprint density at radius 1 is 1.00 bits per heavy atom. The number of aromatic nitrogens is 2. The van der Waals surface area contributed by atoms with Crippen LogP contribution in [0.25, 0.3) is 11.3 Å². The van der Waals surface area contributed by atoms with Crippen molar-refractivity contribution in [3.8, 4) is 11.3 Å². The molecule has 0 aliphatic carbocycles. The highest BCUT2D eigenvalue weighted by Gasteiger charge is 2.25. The van der Waals surface area contributed by atoms with E-state index in [1.165, 1.54) is 23.8 Å². The number of nitro groups is 1. The quantitative estimate of drug-likeness (QED) is 0.434. The first-order valence-corrected chi connectivity index (χ1v) is 10.6. The number of aryl methyl sites for hydroxylation is 2. The van der Waals surface area contributed by atoms with Crippen molar-refractivity contribution in [3.63, 3.8) is 0 Å². The maximum Gasteiger partial charge on any atom is 0.288 e. The number of hydrogen-bond acceptors (Lipinski definition) is 6. The van der Waals surface area contributed by atoms with Crippen LogP contribution in [0.3, 0.4) is 0 Å². The van der Waals surface area contributed by atoms with Crippen molar-refractivity contribution in [3.05, 3.63) is 80.4 Å². The van der Waals surface area contributed by atoms with Crippen molar-refractivity contribution in [2.75, 3.05) is 31.1 Å². The van der Waals surface area contributed by atoms with E-state index in [2.05, 4.69) is 47.1 Å². The fourth-order valence-corrected chi connectivity index (χ4v) is 4.03. The van der Waals surface area contributed by atoms with Gasteiger partial charge in [-0.05, 0) is 43.7 Å². The Morgan fingerprint density at radius 3 is 2.38 bits per heavy atom. The summed E-state index contributed by atoms with van der Waals surface area (Å²) in [5, 5.41) is 19.9. The summed E-state index contributed by atoms with van der Waals surface area (Å²) in [7, 11) is 0. The van der Waals surface area contributed by atoms with Crippen LogP contribution in [0.5, 0.6) is 0 Å². The molecule has 2 aromatic carbocycles. The number of piperazine rings is 1. The number of nitrogens with zero attached hydrogens (tertiary/aromatic N) is 5. The second kappa shape index (κ2) is 8.92. The lowest BCUT2D eigenvalue weighted by molar-refractivity contribution is -0.384. The van der Waals surface area contributed by atoms with Crippen molar-refractivity contribution in [1.82, 2.24) is 15.1 Å². The smallest absolute Gasteiger partial charge is 0.288 e. The Bertz CT molecular complexity index is 1170. The first-order valence-electron chi connectivity index (χ1n) is 10.2. The van der Waals surface area contributed by atoms with Gasteiger partial charge in [0.2, 0.25) is 0 Å². The van der Waals surface area contributed by atoms with Gasteiger partial charge in [0, 0.05) is 43.4 Å². The maximum absolute atomic E-state index is 12.8. The number of halogens is 1. The standard InChI is InChI=1S/C23H22ClN5O3/c1-15-3-5-18(16(2)13-15)20-7-8-22(26-25-20)27-9-11-28(12-10-27)23(30)17-4-6-19(24)21(14-17)29(31)32/h3-8,13-14H,9-12H2,1-2H3. The Morgan fingerprint density at radius 2 is 1.75 bits per heavy atom. The van der Waals surface area contributed by atoms with Crippen LogP contribution in [-0.4, -0.2) is 52.1 Å². The Hall–Kier alpha value is -3.52. The molecule has 0 atom stereocenters. The molecule has 0 spiro atoms. The Kier molecular flexibility index (Phi) is 6.05. The van der Waals surface area contributed by atoms with Gasteiger partial charge in [-0.15, -0.1) is 10.2 Å². The molecule has 1 aromatic heterocycles. The number of rotatable bonds is 4. The fourth-order valence-electron chi connectivity index (χ4n) is 3.85. The molecule has 0 N–H and O–H groups in total. The van der Waals surface area contributed by atoms with E-state index in [0.717, 1.165) is 22.6 Å². The summed E-state index contributed by atoms with van der Waals surface area (Å²) in [4.78, 5) is 27.1. The van der Waals surface area contributed by atoms with Gasteiger partial charge in [0.15, 0.2) is 5.82 Å². The molecule has 0 bridgehead atoms. The van der Waals surface area contributed by atoms with Crippen molar-refractivity contribution in [2.45, 2.75) is 13.8 Å². The lowest BCUT2D eigenvalue weighted by Gasteiger charge is -2.35. The van der Waals surface area contributed by atoms with Crippen LogP contribution < -0.4 is 4.90 Å². The third kappa shape index (κ3) is 4.40. The highest BCUT2D eigenvalue weighted by molar-refractivity contribution is 6.32. The molecule has 32 heavy (non-hydrogen) atoms. The van der Waals surface area contributed by atoms with Crippen molar-refractivity contribution < 1.29 is 9.72 Å². The summed E-state index contributed by atoms with van der Waals surface area (Å²) in [6, 6.07) is 14.3. The number of carbonyl (C=O) groups excluding carboxylic acids is 1. The van der Waals surface area contributed by atoms with E-state index in [1.807, 2.05) is 12.1 Å². The van der Waals surface area contributed by atoms with E-state index < -0.39 is 4.92 Å². The summed E-state index contributed by atoms with van der Waals surface area (Å²) in [5.41, 5.74) is 4.23. The molecule has 0 radical (unpaired) electrons. The van der Waals surface area contributed by atoms with Gasteiger partial charge in [0.25, 0.3) is 11.6 Å². The molecule has 1 aliphatic rings. The van der Waals surface area contributed by atoms with Gasteiger partial charge in [0.1, 0.15) is 5.02 Å². The Labute approximate surface area is 190 Å². The molecule has 1 amide bonds. The van der Waals surface area contributed by atoms with E-state index in [1.54, 1.807) is 4.90 Å². The minimum Gasteiger partial charge on any atom is -0.352 e. The minimum atomic E-state index is -0.586. The lowest BCUT2D eigenvalue weighted by atomic mass is 10.0. The lowest BCUT2D eigenvalue weighted by Crippen LogP contribution is -2.49. The molecule has 0 saturated carbocycles. The van der Waals surface area contributed by atoms with Gasteiger partial charge in [-0.1, -0.05) is 35.4 Å². The number of benzene rings is 2. The molecular weight excluding hydrogens is 430 g/mol. The molecule has 3 aromatic rings. The van der Waals surface area contributed by atoms with Crippen molar-refractivity contribution >= 4 is 29.0 Å². The fraction of sp³-hybridized carbons (Fsp3) is 0.261. The normalized spacial score (nSPS) is 13.8. The van der Waals surface area contributed by atoms with Crippen molar-refractivity contribution in [2.24, 2.45) is 0 Å². The summed E-state index contributed by atoms with van der Waals surface area (Å²) < 4.78 is 0. The second-order valence-corrected chi connectivity index (χ2v) is 8.20. The zero-order valence-corrected chi connectivity index (χ0v) is 18.5. The zero-order valence-electron chi connectivity index (χ0n) is 17.8. The molecule has 1 fully saturated rings. The van der Waals surface area contributed by atoms with Gasteiger partial charge in [0.05, 0.1) is 10.6 Å².